The van der Waals surface area contributed by atoms with Crippen molar-refractivity contribution in [3.63, 3.8) is 0 Å². The molecular formula is C15H18N4O. The van der Waals surface area contributed by atoms with E-state index in [4.69, 9.17) is 0 Å². The number of aryl methyl sites for hydroxylation is 1. The molecule has 0 bridgehead atoms. The van der Waals surface area contributed by atoms with Gasteiger partial charge in [-0.15, -0.1) is 0 Å². The van der Waals surface area contributed by atoms with Gasteiger partial charge in [0.2, 0.25) is 0 Å². The van der Waals surface area contributed by atoms with Crippen LogP contribution in [0.5, 0.6) is 0 Å². The Morgan fingerprint density at radius 2 is 2.35 bits per heavy atom. The first kappa shape index (κ1) is 12.7. The molecule has 5 heteroatoms. The average Bonchev–Trinajstić information content (AvgIpc) is 3.01. The number of hydrogen-bond donors (Lipinski definition) is 3. The molecule has 1 aliphatic heterocycles. The number of benzene rings is 1. The molecule has 3 rings (SSSR count). The lowest BCUT2D eigenvalue weighted by Gasteiger charge is -2.19. The molecule has 0 saturated heterocycles. The molecular weight excluding hydrogens is 252 g/mol. The van der Waals surface area contributed by atoms with E-state index < -0.39 is 0 Å². The van der Waals surface area contributed by atoms with Gasteiger partial charge >= 0.3 is 0 Å². The van der Waals surface area contributed by atoms with Crippen molar-refractivity contribution in [2.24, 2.45) is 0 Å². The van der Waals surface area contributed by atoms with Gasteiger partial charge in [-0.05, 0) is 43.5 Å². The maximum absolute atomic E-state index is 12.3. The molecule has 104 valence electrons. The third-order valence-corrected chi connectivity index (χ3v) is 3.67. The number of H-pyrrole nitrogens is 1. The summed E-state index contributed by atoms with van der Waals surface area (Å²) in [6.45, 7) is 2.96. The summed E-state index contributed by atoms with van der Waals surface area (Å²) < 4.78 is 0. The van der Waals surface area contributed by atoms with Gasteiger partial charge in [-0.3, -0.25) is 9.89 Å². The van der Waals surface area contributed by atoms with Gasteiger partial charge in [-0.25, -0.2) is 0 Å². The fraction of sp³-hybridized carbons (Fsp3) is 0.333. The Morgan fingerprint density at radius 1 is 1.45 bits per heavy atom. The second-order valence-corrected chi connectivity index (χ2v) is 5.13. The van der Waals surface area contributed by atoms with Crippen molar-refractivity contribution >= 4 is 11.6 Å². The molecule has 2 aromatic rings. The van der Waals surface area contributed by atoms with Crippen molar-refractivity contribution in [2.45, 2.75) is 25.8 Å². The van der Waals surface area contributed by atoms with Crippen LogP contribution in [-0.2, 0) is 6.42 Å². The molecule has 5 nitrogen and oxygen atoms in total. The monoisotopic (exact) mass is 270 g/mol. The zero-order chi connectivity index (χ0) is 13.9. The molecule has 1 aliphatic rings. The normalized spacial score (nSPS) is 15.1. The van der Waals surface area contributed by atoms with Crippen molar-refractivity contribution in [1.29, 1.82) is 0 Å². The third kappa shape index (κ3) is 2.52. The van der Waals surface area contributed by atoms with Crippen LogP contribution in [0.15, 0.2) is 30.6 Å². The largest absolute Gasteiger partial charge is 0.385 e. The molecule has 1 aromatic carbocycles. The van der Waals surface area contributed by atoms with Crippen molar-refractivity contribution < 1.29 is 4.79 Å². The summed E-state index contributed by atoms with van der Waals surface area (Å²) in [6, 6.07) is 5.79. The predicted octanol–water partition coefficient (Wildman–Crippen LogP) is 2.26. The zero-order valence-corrected chi connectivity index (χ0v) is 11.4. The molecule has 0 radical (unpaired) electrons. The van der Waals surface area contributed by atoms with Gasteiger partial charge in [-0.2, -0.15) is 5.10 Å². The topological polar surface area (TPSA) is 69.8 Å². The van der Waals surface area contributed by atoms with Crippen LogP contribution >= 0.6 is 0 Å². The Kier molecular flexibility index (Phi) is 3.41. The van der Waals surface area contributed by atoms with E-state index in [0.717, 1.165) is 30.6 Å². The van der Waals surface area contributed by atoms with Crippen LogP contribution in [0.1, 0.15) is 40.9 Å². The van der Waals surface area contributed by atoms with Crippen LogP contribution in [0.25, 0.3) is 0 Å². The summed E-state index contributed by atoms with van der Waals surface area (Å²) in [5.74, 6) is -0.0490. The molecule has 1 aromatic heterocycles. The Morgan fingerprint density at radius 3 is 3.15 bits per heavy atom. The predicted molar refractivity (Wildman–Crippen MR) is 77.7 cm³/mol. The number of hydrogen-bond acceptors (Lipinski definition) is 3. The SMILES string of the molecule is CC(NC(=O)c1ccc2c(c1)CCCN2)c1cn[nH]c1. The van der Waals surface area contributed by atoms with Crippen LogP contribution in [0.3, 0.4) is 0 Å². The van der Waals surface area contributed by atoms with E-state index in [0.29, 0.717) is 5.56 Å². The van der Waals surface area contributed by atoms with Crippen molar-refractivity contribution in [3.8, 4) is 0 Å². The number of nitrogens with one attached hydrogen (secondary N) is 3. The van der Waals surface area contributed by atoms with Gasteiger partial charge in [0.05, 0.1) is 12.2 Å². The number of aromatic nitrogens is 2. The van der Waals surface area contributed by atoms with E-state index in [1.807, 2.05) is 25.1 Å². The number of rotatable bonds is 3. The van der Waals surface area contributed by atoms with Crippen molar-refractivity contribution in [1.82, 2.24) is 15.5 Å². The van der Waals surface area contributed by atoms with Crippen LogP contribution < -0.4 is 10.6 Å². The van der Waals surface area contributed by atoms with Crippen molar-refractivity contribution in [3.05, 3.63) is 47.3 Å². The molecule has 2 heterocycles. The smallest absolute Gasteiger partial charge is 0.251 e. The molecule has 0 aliphatic carbocycles. The fourth-order valence-corrected chi connectivity index (χ4v) is 2.48. The highest BCUT2D eigenvalue weighted by molar-refractivity contribution is 5.95. The van der Waals surface area contributed by atoms with E-state index in [-0.39, 0.29) is 11.9 Å². The summed E-state index contributed by atoms with van der Waals surface area (Å²) in [4.78, 5) is 12.3. The molecule has 20 heavy (non-hydrogen) atoms. The average molecular weight is 270 g/mol. The Bertz CT molecular complexity index is 606. The maximum Gasteiger partial charge on any atom is 0.251 e. The lowest BCUT2D eigenvalue weighted by Crippen LogP contribution is -2.26. The van der Waals surface area contributed by atoms with E-state index >= 15 is 0 Å². The van der Waals surface area contributed by atoms with E-state index in [9.17, 15) is 4.79 Å². The van der Waals surface area contributed by atoms with Gasteiger partial charge in [0, 0.05) is 29.6 Å². The number of amides is 1. The number of anilines is 1. The highest BCUT2D eigenvalue weighted by Crippen LogP contribution is 2.23. The summed E-state index contributed by atoms with van der Waals surface area (Å²) in [7, 11) is 0. The van der Waals surface area contributed by atoms with Crippen LogP contribution in [0.2, 0.25) is 0 Å². The van der Waals surface area contributed by atoms with Gasteiger partial charge < -0.3 is 10.6 Å². The molecule has 0 spiro atoms. The first-order valence-corrected chi connectivity index (χ1v) is 6.90. The molecule has 1 unspecified atom stereocenters. The number of carbonyl (C=O) groups is 1. The first-order valence-electron chi connectivity index (χ1n) is 6.90. The number of aromatic amines is 1. The summed E-state index contributed by atoms with van der Waals surface area (Å²) in [5.41, 5.74) is 4.05. The highest BCUT2D eigenvalue weighted by Gasteiger charge is 2.15. The minimum Gasteiger partial charge on any atom is -0.385 e. The lowest BCUT2D eigenvalue weighted by molar-refractivity contribution is 0.0940. The van der Waals surface area contributed by atoms with E-state index in [2.05, 4.69) is 20.8 Å². The highest BCUT2D eigenvalue weighted by atomic mass is 16.1. The summed E-state index contributed by atoms with van der Waals surface area (Å²) in [5, 5.41) is 13.0. The quantitative estimate of drug-likeness (QED) is 0.801. The molecule has 1 amide bonds. The standard InChI is InChI=1S/C15H18N4O/c1-10(13-8-17-18-9-13)19-15(20)12-4-5-14-11(7-12)3-2-6-16-14/h4-5,7-10,16H,2-3,6H2,1H3,(H,17,18)(H,19,20). The Labute approximate surface area is 117 Å². The fourth-order valence-electron chi connectivity index (χ4n) is 2.48. The van der Waals surface area contributed by atoms with Gasteiger partial charge in [-0.1, -0.05) is 0 Å². The zero-order valence-electron chi connectivity index (χ0n) is 11.4. The van der Waals surface area contributed by atoms with E-state index in [1.54, 1.807) is 12.4 Å². The van der Waals surface area contributed by atoms with Crippen LogP contribution in [0, 0.1) is 0 Å². The third-order valence-electron chi connectivity index (χ3n) is 3.67. The number of carbonyl (C=O) groups excluding carboxylic acids is 1. The van der Waals surface area contributed by atoms with Crippen molar-refractivity contribution in [2.75, 3.05) is 11.9 Å². The Balaban J connectivity index is 1.74. The molecule has 1 atom stereocenters. The maximum atomic E-state index is 12.3. The summed E-state index contributed by atoms with van der Waals surface area (Å²) in [6.07, 6.45) is 5.66. The van der Waals surface area contributed by atoms with Crippen LogP contribution in [0.4, 0.5) is 5.69 Å². The molecule has 0 saturated carbocycles. The molecule has 0 fully saturated rings. The molecule has 3 N–H and O–H groups in total. The minimum atomic E-state index is -0.0598. The Hall–Kier alpha value is -2.30. The van der Waals surface area contributed by atoms with Gasteiger partial charge in [0.1, 0.15) is 0 Å². The number of fused-ring (bicyclic) bond motifs is 1. The van der Waals surface area contributed by atoms with E-state index in [1.165, 1.54) is 5.56 Å². The van der Waals surface area contributed by atoms with Gasteiger partial charge in [0.15, 0.2) is 0 Å². The minimum absolute atomic E-state index is 0.0490. The lowest BCUT2D eigenvalue weighted by atomic mass is 10.0. The summed E-state index contributed by atoms with van der Waals surface area (Å²) >= 11 is 0. The second kappa shape index (κ2) is 5.36. The van der Waals surface area contributed by atoms with Crippen LogP contribution in [-0.4, -0.2) is 22.6 Å². The number of nitrogens with zero attached hydrogens (tertiary/aromatic N) is 1. The second-order valence-electron chi connectivity index (χ2n) is 5.13. The van der Waals surface area contributed by atoms with Gasteiger partial charge in [0.25, 0.3) is 5.91 Å². The first-order chi connectivity index (χ1) is 9.74.